The maximum absolute atomic E-state index is 14.2. The molecule has 0 N–H and O–H groups in total. The Morgan fingerprint density at radius 1 is 0.978 bits per heavy atom. The Morgan fingerprint density at radius 3 is 2.36 bits per heavy atom. The first-order valence-electron chi connectivity index (χ1n) is 14.2. The molecule has 1 aliphatic rings. The van der Waals surface area contributed by atoms with Crippen LogP contribution in [0.5, 0.6) is 11.5 Å². The SMILES string of the molecule is COc1cc2c(c3c1c(=O)c1cc4ccccc4cc1n3C)[C@H](OC(C)=O)[C@H](OC(=O)C=Cc1ccc(Cl)c(Cl)c1)C(C)(C)O2. The fourth-order valence-electron chi connectivity index (χ4n) is 5.97. The molecular formula is C35H29Cl2NO7. The van der Waals surface area contributed by atoms with E-state index in [2.05, 4.69) is 0 Å². The van der Waals surface area contributed by atoms with Crippen molar-refractivity contribution in [1.29, 1.82) is 0 Å². The second-order valence-electron chi connectivity index (χ2n) is 11.4. The molecule has 0 amide bonds. The van der Waals surface area contributed by atoms with Crippen molar-refractivity contribution in [2.24, 2.45) is 7.05 Å². The van der Waals surface area contributed by atoms with Crippen LogP contribution in [0.4, 0.5) is 0 Å². The summed E-state index contributed by atoms with van der Waals surface area (Å²) in [5, 5.41) is 3.38. The lowest BCUT2D eigenvalue weighted by Crippen LogP contribution is -2.52. The number of esters is 2. The second kappa shape index (κ2) is 11.4. The fourth-order valence-corrected chi connectivity index (χ4v) is 6.28. The van der Waals surface area contributed by atoms with Gasteiger partial charge in [0.05, 0.1) is 39.1 Å². The summed E-state index contributed by atoms with van der Waals surface area (Å²) in [7, 11) is 3.30. The Hall–Kier alpha value is -4.53. The normalized spacial score (nSPS) is 17.3. The fraction of sp³-hybridized carbons (Fsp3) is 0.229. The van der Waals surface area contributed by atoms with Crippen LogP contribution in [0.1, 0.15) is 38.0 Å². The van der Waals surface area contributed by atoms with Crippen LogP contribution in [0.2, 0.25) is 10.0 Å². The summed E-state index contributed by atoms with van der Waals surface area (Å²) in [6.07, 6.45) is 0.562. The van der Waals surface area contributed by atoms with Gasteiger partial charge in [0.2, 0.25) is 5.43 Å². The number of nitrogens with zero attached hydrogens (tertiary/aromatic N) is 1. The van der Waals surface area contributed by atoms with Gasteiger partial charge in [0.25, 0.3) is 0 Å². The number of ether oxygens (including phenoxy) is 4. The summed E-state index contributed by atoms with van der Waals surface area (Å²) in [5.41, 5.74) is 0.701. The minimum absolute atomic E-state index is 0.256. The quantitative estimate of drug-likeness (QED) is 0.111. The number of halogens is 2. The number of hydrogen-bond acceptors (Lipinski definition) is 7. The standard InChI is InChI=1S/C35H29Cl2NO7/c1-18(39)43-33-30-27(45-35(2,3)34(33)44-28(40)13-11-19-10-12-23(36)24(37)14-19)17-26(42-5)29-31(30)38(4)25-16-21-9-7-6-8-20(21)15-22(25)32(29)41/h6-17,33-34H,1-5H3/t33-,34-/m0/s1. The molecule has 230 valence electrons. The highest BCUT2D eigenvalue weighted by Crippen LogP contribution is 2.49. The largest absolute Gasteiger partial charge is 0.496 e. The number of aromatic nitrogens is 1. The minimum atomic E-state index is -1.16. The van der Waals surface area contributed by atoms with Gasteiger partial charge in [-0.2, -0.15) is 0 Å². The number of carbonyl (C=O) groups excluding carboxylic acids is 2. The van der Waals surface area contributed by atoms with Crippen LogP contribution in [-0.4, -0.2) is 35.3 Å². The van der Waals surface area contributed by atoms with Gasteiger partial charge >= 0.3 is 11.9 Å². The summed E-state index contributed by atoms with van der Waals surface area (Å²) >= 11 is 12.1. The van der Waals surface area contributed by atoms with Crippen molar-refractivity contribution < 1.29 is 28.5 Å². The summed E-state index contributed by atoms with van der Waals surface area (Å²) in [5.74, 6) is -0.662. The topological polar surface area (TPSA) is 93.1 Å². The highest BCUT2D eigenvalue weighted by molar-refractivity contribution is 6.42. The van der Waals surface area contributed by atoms with Crippen molar-refractivity contribution in [3.05, 3.63) is 98.1 Å². The molecule has 45 heavy (non-hydrogen) atoms. The van der Waals surface area contributed by atoms with E-state index in [0.717, 1.165) is 10.8 Å². The van der Waals surface area contributed by atoms with Gasteiger partial charge in [-0.05, 0) is 60.5 Å². The number of aryl methyl sites for hydroxylation is 1. The van der Waals surface area contributed by atoms with Gasteiger partial charge in [0.15, 0.2) is 12.2 Å². The molecule has 0 bridgehead atoms. The van der Waals surface area contributed by atoms with E-state index >= 15 is 0 Å². The van der Waals surface area contributed by atoms with E-state index in [1.54, 1.807) is 38.1 Å². The second-order valence-corrected chi connectivity index (χ2v) is 12.2. The molecule has 0 radical (unpaired) electrons. The lowest BCUT2D eigenvalue weighted by atomic mass is 9.86. The highest BCUT2D eigenvalue weighted by Gasteiger charge is 2.50. The lowest BCUT2D eigenvalue weighted by molar-refractivity contribution is -0.185. The van der Waals surface area contributed by atoms with E-state index in [1.807, 2.05) is 48.0 Å². The highest BCUT2D eigenvalue weighted by atomic mass is 35.5. The number of hydrogen-bond donors (Lipinski definition) is 0. The van der Waals surface area contributed by atoms with Gasteiger partial charge in [0, 0.05) is 31.5 Å². The molecule has 5 aromatic rings. The first kappa shape index (κ1) is 30.5. The van der Waals surface area contributed by atoms with Crippen LogP contribution >= 0.6 is 23.2 Å². The third-order valence-corrected chi connectivity index (χ3v) is 8.77. The van der Waals surface area contributed by atoms with Crippen molar-refractivity contribution in [2.75, 3.05) is 7.11 Å². The maximum Gasteiger partial charge on any atom is 0.331 e. The predicted octanol–water partition coefficient (Wildman–Crippen LogP) is 7.56. The average molecular weight is 647 g/mol. The maximum atomic E-state index is 14.2. The Kier molecular flexibility index (Phi) is 7.75. The number of rotatable bonds is 5. The zero-order valence-corrected chi connectivity index (χ0v) is 26.7. The molecule has 0 spiro atoms. The summed E-state index contributed by atoms with van der Waals surface area (Å²) in [6, 6.07) is 18.1. The van der Waals surface area contributed by atoms with Gasteiger partial charge < -0.3 is 23.5 Å². The Bertz CT molecular complexity index is 2130. The van der Waals surface area contributed by atoms with Crippen molar-refractivity contribution in [1.82, 2.24) is 4.57 Å². The number of pyridine rings is 1. The first-order valence-corrected chi connectivity index (χ1v) is 14.9. The molecule has 1 aliphatic heterocycles. The van der Waals surface area contributed by atoms with E-state index in [1.165, 1.54) is 26.2 Å². The van der Waals surface area contributed by atoms with Crippen molar-refractivity contribution in [3.8, 4) is 11.5 Å². The molecule has 4 aromatic carbocycles. The average Bonchev–Trinajstić information content (AvgIpc) is 3.00. The molecule has 2 atom stereocenters. The molecule has 6 rings (SSSR count). The number of methoxy groups -OCH3 is 1. The van der Waals surface area contributed by atoms with Gasteiger partial charge in [-0.25, -0.2) is 4.79 Å². The van der Waals surface area contributed by atoms with Crippen LogP contribution < -0.4 is 14.9 Å². The number of benzene rings is 4. The molecule has 0 saturated heterocycles. The molecular weight excluding hydrogens is 617 g/mol. The molecule has 0 unspecified atom stereocenters. The van der Waals surface area contributed by atoms with Crippen molar-refractivity contribution in [3.63, 3.8) is 0 Å². The zero-order valence-electron chi connectivity index (χ0n) is 25.1. The summed E-state index contributed by atoms with van der Waals surface area (Å²) in [6.45, 7) is 4.74. The Balaban J connectivity index is 1.55. The van der Waals surface area contributed by atoms with E-state index < -0.39 is 29.7 Å². The van der Waals surface area contributed by atoms with E-state index in [0.29, 0.717) is 49.1 Å². The summed E-state index contributed by atoms with van der Waals surface area (Å²) < 4.78 is 25.9. The number of carbonyl (C=O) groups is 2. The van der Waals surface area contributed by atoms with E-state index in [-0.39, 0.29) is 10.8 Å². The van der Waals surface area contributed by atoms with Crippen LogP contribution in [-0.2, 0) is 26.1 Å². The summed E-state index contributed by atoms with van der Waals surface area (Å²) in [4.78, 5) is 40.0. The van der Waals surface area contributed by atoms with Crippen LogP contribution in [0.25, 0.3) is 38.7 Å². The molecule has 10 heteroatoms. The smallest absolute Gasteiger partial charge is 0.331 e. The van der Waals surface area contributed by atoms with E-state index in [4.69, 9.17) is 42.1 Å². The Morgan fingerprint density at radius 2 is 1.69 bits per heavy atom. The molecule has 2 heterocycles. The Labute approximate surface area is 268 Å². The van der Waals surface area contributed by atoms with Gasteiger partial charge in [0.1, 0.15) is 17.1 Å². The van der Waals surface area contributed by atoms with Gasteiger partial charge in [-0.3, -0.25) is 9.59 Å². The van der Waals surface area contributed by atoms with Gasteiger partial charge in [-0.1, -0.05) is 53.5 Å². The van der Waals surface area contributed by atoms with Gasteiger partial charge in [-0.15, -0.1) is 0 Å². The van der Waals surface area contributed by atoms with Crippen LogP contribution in [0.3, 0.4) is 0 Å². The minimum Gasteiger partial charge on any atom is -0.496 e. The lowest BCUT2D eigenvalue weighted by Gasteiger charge is -2.43. The molecule has 8 nitrogen and oxygen atoms in total. The van der Waals surface area contributed by atoms with Crippen LogP contribution in [0.15, 0.2) is 71.5 Å². The van der Waals surface area contributed by atoms with Crippen molar-refractivity contribution >= 4 is 73.8 Å². The third-order valence-electron chi connectivity index (χ3n) is 8.03. The van der Waals surface area contributed by atoms with Crippen molar-refractivity contribution in [2.45, 2.75) is 38.6 Å². The van der Waals surface area contributed by atoms with Crippen LogP contribution in [0, 0.1) is 0 Å². The molecule has 1 aromatic heterocycles. The monoisotopic (exact) mass is 645 g/mol. The zero-order chi connectivity index (χ0) is 32.2. The number of fused-ring (bicyclic) bond motifs is 5. The first-order chi connectivity index (χ1) is 21.4. The predicted molar refractivity (Wildman–Crippen MR) is 175 cm³/mol. The molecule has 0 saturated carbocycles. The van der Waals surface area contributed by atoms with E-state index in [9.17, 15) is 14.4 Å². The molecule has 0 fully saturated rings. The molecule has 0 aliphatic carbocycles. The third kappa shape index (κ3) is 5.38.